The van der Waals surface area contributed by atoms with Gasteiger partial charge in [-0.05, 0) is 169 Å². The fourth-order valence-corrected chi connectivity index (χ4v) is 8.98. The standard InChI is InChI=1S/2C15H12Br2ClN3O4.C15H12Br2FN3O4/c3*1-7-2-3-9(8(18)6-7)19-15(25)13-12(16)14(17)21(20-13)10(22)4-5-11(23)24/h3*2-3,6H,4-5H2,1H3,(H,19,25)(H,23,24). The topological polar surface area (TPSA) is 304 Å². The molecule has 0 unspecified atom stereocenters. The molecule has 0 aliphatic carbocycles. The fraction of sp³-hybridized carbons (Fsp3) is 0.200. The molecule has 0 spiro atoms. The number of benzene rings is 3. The van der Waals surface area contributed by atoms with E-state index in [-0.39, 0.29) is 88.5 Å². The van der Waals surface area contributed by atoms with Gasteiger partial charge in [0.15, 0.2) is 17.1 Å². The molecule has 6 aromatic rings. The Bertz CT molecular complexity index is 2940. The highest BCUT2D eigenvalue weighted by Gasteiger charge is 2.27. The molecule has 0 radical (unpaired) electrons. The number of nitrogens with zero attached hydrogens (tertiary/aromatic N) is 6. The number of aromatic nitrogens is 6. The van der Waals surface area contributed by atoms with Gasteiger partial charge in [0.05, 0.1) is 59.8 Å². The maximum Gasteiger partial charge on any atom is 0.303 e. The molecule has 21 nitrogen and oxygen atoms in total. The second-order valence-electron chi connectivity index (χ2n) is 15.3. The van der Waals surface area contributed by atoms with Gasteiger partial charge in [-0.15, -0.1) is 0 Å². The van der Waals surface area contributed by atoms with Gasteiger partial charge in [-0.2, -0.15) is 29.3 Å². The van der Waals surface area contributed by atoms with Crippen molar-refractivity contribution < 1.29 is 62.9 Å². The molecule has 3 aromatic carbocycles. The van der Waals surface area contributed by atoms with E-state index in [1.54, 1.807) is 49.4 Å². The number of rotatable bonds is 15. The molecule has 75 heavy (non-hydrogen) atoms. The van der Waals surface area contributed by atoms with Crippen LogP contribution in [0.2, 0.25) is 10.0 Å². The zero-order valence-corrected chi connectivity index (χ0v) is 49.6. The minimum Gasteiger partial charge on any atom is -0.481 e. The summed E-state index contributed by atoms with van der Waals surface area (Å²) >= 11 is 31.2. The number of carbonyl (C=O) groups is 9. The minimum absolute atomic E-state index is 0.0228. The van der Waals surface area contributed by atoms with E-state index in [1.165, 1.54) is 12.1 Å². The molecule has 3 amide bonds. The van der Waals surface area contributed by atoms with E-state index in [2.05, 4.69) is 127 Å². The summed E-state index contributed by atoms with van der Waals surface area (Å²) in [6.45, 7) is 5.46. The summed E-state index contributed by atoms with van der Waals surface area (Å²) in [6, 6.07) is 14.6. The van der Waals surface area contributed by atoms with E-state index in [0.717, 1.165) is 25.2 Å². The van der Waals surface area contributed by atoms with Crippen LogP contribution in [-0.4, -0.2) is 98.0 Å². The molecule has 6 N–H and O–H groups in total. The molecular weight excluding hydrogens is 1430 g/mol. The number of carboxylic acid groups (broad SMARTS) is 3. The molecule has 0 saturated heterocycles. The number of amides is 3. The van der Waals surface area contributed by atoms with Crippen LogP contribution in [0.25, 0.3) is 0 Å². The predicted octanol–water partition coefficient (Wildman–Crippen LogP) is 11.9. The second-order valence-corrected chi connectivity index (χ2v) is 20.7. The summed E-state index contributed by atoms with van der Waals surface area (Å²) in [5.41, 5.74) is 3.17. The SMILES string of the molecule is Cc1ccc(NC(=O)c2nn(C(=O)CCC(=O)O)c(Br)c2Br)c(Cl)c1.Cc1ccc(NC(=O)c2nn(C(=O)CCC(=O)O)c(Br)c2Br)c(Cl)c1.Cc1ccc(NC(=O)c2nn(C(=O)CCC(=O)O)c(Br)c2Br)c(F)c1. The Morgan fingerprint density at radius 1 is 0.467 bits per heavy atom. The quantitative estimate of drug-likeness (QED) is 0.0557. The normalized spacial score (nSPS) is 10.6. The second kappa shape index (κ2) is 28.0. The Morgan fingerprint density at radius 2 is 0.733 bits per heavy atom. The Morgan fingerprint density at radius 3 is 1.00 bits per heavy atom. The maximum atomic E-state index is 13.8. The van der Waals surface area contributed by atoms with E-state index in [1.807, 2.05) is 13.8 Å². The van der Waals surface area contributed by atoms with Crippen LogP contribution in [0, 0.1) is 26.6 Å². The lowest BCUT2D eigenvalue weighted by Crippen LogP contribution is -2.17. The number of aliphatic carboxylic acids is 3. The highest BCUT2D eigenvalue weighted by molar-refractivity contribution is 9.13. The average Bonchev–Trinajstić information content (AvgIpc) is 3.93. The number of halogens is 9. The average molecular weight is 1460 g/mol. The summed E-state index contributed by atoms with van der Waals surface area (Å²) in [5, 5.41) is 46.1. The predicted molar refractivity (Wildman–Crippen MR) is 293 cm³/mol. The van der Waals surface area contributed by atoms with Gasteiger partial charge in [0.25, 0.3) is 17.7 Å². The number of anilines is 3. The molecule has 0 aliphatic heterocycles. The van der Waals surface area contributed by atoms with Crippen molar-refractivity contribution in [3.63, 3.8) is 0 Å². The van der Waals surface area contributed by atoms with E-state index >= 15 is 0 Å². The van der Waals surface area contributed by atoms with Crippen LogP contribution >= 0.6 is 119 Å². The van der Waals surface area contributed by atoms with Gasteiger partial charge < -0.3 is 31.3 Å². The monoisotopic (exact) mass is 1460 g/mol. The number of nitrogens with one attached hydrogen (secondary N) is 3. The number of aryl methyl sites for hydroxylation is 3. The van der Waals surface area contributed by atoms with Crippen molar-refractivity contribution in [1.82, 2.24) is 29.3 Å². The number of hydrogen-bond donors (Lipinski definition) is 6. The highest BCUT2D eigenvalue weighted by Crippen LogP contribution is 2.32. The molecule has 3 heterocycles. The lowest BCUT2D eigenvalue weighted by molar-refractivity contribution is -0.137. The van der Waals surface area contributed by atoms with Gasteiger partial charge in [0.1, 0.15) is 19.6 Å². The lowest BCUT2D eigenvalue weighted by atomic mass is 10.2. The zero-order chi connectivity index (χ0) is 56.2. The van der Waals surface area contributed by atoms with Crippen LogP contribution in [0.3, 0.4) is 0 Å². The van der Waals surface area contributed by atoms with Gasteiger partial charge >= 0.3 is 17.9 Å². The van der Waals surface area contributed by atoms with Crippen molar-refractivity contribution >= 4 is 189 Å². The van der Waals surface area contributed by atoms with Crippen molar-refractivity contribution in [2.24, 2.45) is 0 Å². The van der Waals surface area contributed by atoms with Gasteiger partial charge in [-0.25, -0.2) is 4.39 Å². The summed E-state index contributed by atoms with van der Waals surface area (Å²) in [7, 11) is 0. The lowest BCUT2D eigenvalue weighted by Gasteiger charge is -2.06. The van der Waals surface area contributed by atoms with Crippen LogP contribution < -0.4 is 16.0 Å². The summed E-state index contributed by atoms with van der Waals surface area (Å²) in [6.07, 6.45) is -1.79. The van der Waals surface area contributed by atoms with Crippen LogP contribution in [0.5, 0.6) is 0 Å². The first-order chi connectivity index (χ1) is 35.1. The highest BCUT2D eigenvalue weighted by atomic mass is 79.9. The molecule has 0 bridgehead atoms. The summed E-state index contributed by atoms with van der Waals surface area (Å²) in [4.78, 5) is 105. The summed E-state index contributed by atoms with van der Waals surface area (Å²) in [5.74, 6) is -7.47. The van der Waals surface area contributed by atoms with Crippen LogP contribution in [0.1, 0.15) is 101 Å². The largest absolute Gasteiger partial charge is 0.481 e. The zero-order valence-electron chi connectivity index (χ0n) is 38.5. The summed E-state index contributed by atoms with van der Waals surface area (Å²) < 4.78 is 18.0. The van der Waals surface area contributed by atoms with Crippen molar-refractivity contribution in [3.8, 4) is 0 Å². The van der Waals surface area contributed by atoms with E-state index in [0.29, 0.717) is 27.0 Å². The Kier molecular flexibility index (Phi) is 23.2. The number of hydrogen-bond acceptors (Lipinski definition) is 12. The molecule has 30 heteroatoms. The molecule has 6 rings (SSSR count). The van der Waals surface area contributed by atoms with Gasteiger partial charge in [0.2, 0.25) is 17.7 Å². The van der Waals surface area contributed by atoms with Crippen molar-refractivity contribution in [2.45, 2.75) is 59.3 Å². The van der Waals surface area contributed by atoms with Gasteiger partial charge in [-0.1, -0.05) is 41.4 Å². The van der Waals surface area contributed by atoms with Crippen molar-refractivity contribution in [3.05, 3.63) is 131 Å². The van der Waals surface area contributed by atoms with Crippen LogP contribution in [-0.2, 0) is 14.4 Å². The van der Waals surface area contributed by atoms with Gasteiger partial charge in [0, 0.05) is 19.3 Å². The van der Waals surface area contributed by atoms with Gasteiger partial charge in [-0.3, -0.25) is 43.2 Å². The van der Waals surface area contributed by atoms with E-state index < -0.39 is 59.2 Å². The molecule has 0 aliphatic rings. The molecule has 396 valence electrons. The first-order valence-electron chi connectivity index (χ1n) is 20.9. The number of carboxylic acids is 3. The third-order valence-electron chi connectivity index (χ3n) is 9.46. The number of carbonyl (C=O) groups excluding carboxylic acids is 6. The van der Waals surface area contributed by atoms with Crippen LogP contribution in [0.15, 0.2) is 81.8 Å². The Hall–Kier alpha value is -5.49. The Balaban J connectivity index is 0.000000243. The maximum absolute atomic E-state index is 13.8. The van der Waals surface area contributed by atoms with E-state index in [4.69, 9.17) is 38.5 Å². The molecular formula is C45H36Br6Cl2FN9O12. The van der Waals surface area contributed by atoms with Crippen molar-refractivity contribution in [2.75, 3.05) is 16.0 Å². The Labute approximate surface area is 484 Å². The first kappa shape index (κ1) is 62.1. The third kappa shape index (κ3) is 17.3. The van der Waals surface area contributed by atoms with E-state index in [9.17, 15) is 47.5 Å². The fourth-order valence-electron chi connectivity index (χ4n) is 5.73. The van der Waals surface area contributed by atoms with Crippen molar-refractivity contribution in [1.29, 1.82) is 0 Å². The molecule has 0 atom stereocenters. The minimum atomic E-state index is -1.12. The third-order valence-corrected chi connectivity index (χ3v) is 16.1. The first-order valence-corrected chi connectivity index (χ1v) is 26.4. The molecule has 0 saturated carbocycles. The molecule has 0 fully saturated rings. The van der Waals surface area contributed by atoms with Crippen LogP contribution in [0.4, 0.5) is 21.5 Å². The molecule has 3 aromatic heterocycles. The smallest absolute Gasteiger partial charge is 0.303 e.